The van der Waals surface area contributed by atoms with Crippen LogP contribution >= 0.6 is 0 Å². The average molecular weight is 278 g/mol. The van der Waals surface area contributed by atoms with Crippen LogP contribution in [0, 0.1) is 0 Å². The van der Waals surface area contributed by atoms with Gasteiger partial charge in [0.05, 0.1) is 12.6 Å². The summed E-state index contributed by atoms with van der Waals surface area (Å²) in [5.74, 6) is 0.189. The number of amides is 1. The molecule has 1 heterocycles. The lowest BCUT2D eigenvalue weighted by Gasteiger charge is -2.41. The highest BCUT2D eigenvalue weighted by molar-refractivity contribution is 5.83. The van der Waals surface area contributed by atoms with E-state index in [1.54, 1.807) is 4.90 Å². The number of carbonyl (C=O) groups is 1. The van der Waals surface area contributed by atoms with Gasteiger partial charge in [-0.05, 0) is 18.9 Å². The van der Waals surface area contributed by atoms with Gasteiger partial charge in [-0.25, -0.2) is 0 Å². The normalized spacial score (nSPS) is 25.9. The summed E-state index contributed by atoms with van der Waals surface area (Å²) >= 11 is 0. The highest BCUT2D eigenvalue weighted by atomic mass is 16.3. The monoisotopic (exact) mass is 278 g/mol. The third kappa shape index (κ3) is 3.58. The number of nitrogens with zero attached hydrogens (tertiary/aromatic N) is 1. The van der Waals surface area contributed by atoms with Gasteiger partial charge in [0.2, 0.25) is 5.91 Å². The molecule has 4 nitrogen and oxygen atoms in total. The Morgan fingerprint density at radius 2 is 1.90 bits per heavy atom. The van der Waals surface area contributed by atoms with Crippen LogP contribution in [0.25, 0.3) is 0 Å². The minimum Gasteiger partial charge on any atom is -0.395 e. The number of nitrogens with two attached hydrogens (primary N) is 1. The third-order valence-electron chi connectivity index (χ3n) is 3.75. The highest BCUT2D eigenvalue weighted by Crippen LogP contribution is 2.32. The van der Waals surface area contributed by atoms with Crippen LogP contribution in [0.3, 0.4) is 0 Å². The summed E-state index contributed by atoms with van der Waals surface area (Å²) in [6.45, 7) is 6.36. The molecule has 4 heteroatoms. The van der Waals surface area contributed by atoms with Crippen molar-refractivity contribution in [3.8, 4) is 0 Å². The Morgan fingerprint density at radius 1 is 1.30 bits per heavy atom. The Bertz CT molecular complexity index is 408. The number of aliphatic hydroxyl groups excluding tert-OH is 1. The summed E-state index contributed by atoms with van der Waals surface area (Å²) in [4.78, 5) is 13.7. The van der Waals surface area contributed by atoms with Crippen LogP contribution in [0.5, 0.6) is 0 Å². The van der Waals surface area contributed by atoms with Crippen LogP contribution in [-0.4, -0.2) is 41.1 Å². The molecule has 3 N–H and O–H groups in total. The molecule has 1 amide bonds. The zero-order valence-corrected chi connectivity index (χ0v) is 12.6. The van der Waals surface area contributed by atoms with Gasteiger partial charge in [0.25, 0.3) is 0 Å². The van der Waals surface area contributed by atoms with Crippen LogP contribution in [0.15, 0.2) is 30.3 Å². The smallest absolute Gasteiger partial charge is 0.239 e. The van der Waals surface area contributed by atoms with Gasteiger partial charge < -0.3 is 15.7 Å². The molecule has 0 bridgehead atoms. The molecule has 3 atom stereocenters. The number of benzene rings is 1. The molecule has 1 saturated heterocycles. The fraction of sp³-hybridized carbons (Fsp3) is 0.562. The lowest BCUT2D eigenvalue weighted by molar-refractivity contribution is -0.139. The maximum Gasteiger partial charge on any atom is 0.239 e. The van der Waals surface area contributed by atoms with Crippen molar-refractivity contribution in [3.05, 3.63) is 35.9 Å². The second-order valence-corrected chi connectivity index (χ2v) is 4.86. The first-order valence-corrected chi connectivity index (χ1v) is 7.37. The van der Waals surface area contributed by atoms with Gasteiger partial charge in [-0.15, -0.1) is 0 Å². The van der Waals surface area contributed by atoms with Crippen molar-refractivity contribution < 1.29 is 9.90 Å². The van der Waals surface area contributed by atoms with Crippen molar-refractivity contribution in [2.24, 2.45) is 5.73 Å². The second kappa shape index (κ2) is 8.02. The number of rotatable bonds is 3. The Balaban J connectivity index is 0.000000956. The third-order valence-corrected chi connectivity index (χ3v) is 3.75. The van der Waals surface area contributed by atoms with Gasteiger partial charge in [0.1, 0.15) is 0 Å². The standard InChI is InChI=1S/C14H20N2O2.C2H6/c1-10-12(11-5-3-2-4-6-11)9-13(15)14(18)16(10)7-8-17;1-2/h2-6,10,12-13,17H,7-9,15H2,1H3;1-2H3. The molecule has 3 unspecified atom stereocenters. The van der Waals surface area contributed by atoms with E-state index in [2.05, 4.69) is 12.1 Å². The van der Waals surface area contributed by atoms with Crippen LogP contribution in [-0.2, 0) is 4.79 Å². The van der Waals surface area contributed by atoms with E-state index in [-0.39, 0.29) is 24.5 Å². The Hall–Kier alpha value is -1.39. The molecule has 0 saturated carbocycles. The second-order valence-electron chi connectivity index (χ2n) is 4.86. The zero-order chi connectivity index (χ0) is 15.1. The van der Waals surface area contributed by atoms with E-state index < -0.39 is 6.04 Å². The van der Waals surface area contributed by atoms with Crippen molar-refractivity contribution in [1.29, 1.82) is 0 Å². The summed E-state index contributed by atoms with van der Waals surface area (Å²) in [7, 11) is 0. The molecular weight excluding hydrogens is 252 g/mol. The predicted octanol–water partition coefficient (Wildman–Crippen LogP) is 1.74. The van der Waals surface area contributed by atoms with Crippen LogP contribution in [0.4, 0.5) is 0 Å². The molecule has 0 spiro atoms. The number of piperidine rings is 1. The zero-order valence-electron chi connectivity index (χ0n) is 12.6. The first kappa shape index (κ1) is 16.7. The summed E-state index contributed by atoms with van der Waals surface area (Å²) in [6.07, 6.45) is 0.673. The van der Waals surface area contributed by atoms with Crippen molar-refractivity contribution in [2.75, 3.05) is 13.2 Å². The number of carbonyl (C=O) groups excluding carboxylic acids is 1. The van der Waals surface area contributed by atoms with Gasteiger partial charge in [-0.3, -0.25) is 4.79 Å². The topological polar surface area (TPSA) is 66.6 Å². The summed E-state index contributed by atoms with van der Waals surface area (Å²) in [5, 5.41) is 9.06. The van der Waals surface area contributed by atoms with Crippen LogP contribution in [0.2, 0.25) is 0 Å². The summed E-state index contributed by atoms with van der Waals surface area (Å²) in [5.41, 5.74) is 7.12. The van der Waals surface area contributed by atoms with E-state index in [0.29, 0.717) is 13.0 Å². The van der Waals surface area contributed by atoms with Gasteiger partial charge in [0.15, 0.2) is 0 Å². The molecule has 1 fully saturated rings. The molecule has 2 rings (SSSR count). The first-order chi connectivity index (χ1) is 9.65. The van der Waals surface area contributed by atoms with Crippen LogP contribution in [0.1, 0.15) is 38.7 Å². The van der Waals surface area contributed by atoms with Gasteiger partial charge in [0, 0.05) is 18.5 Å². The number of aliphatic hydroxyl groups is 1. The molecule has 1 aromatic rings. The molecule has 1 aliphatic rings. The number of β-amino-alcohol motifs (C(OH)–C–C–N with tert-alkyl or cyclic N) is 1. The molecule has 1 aliphatic heterocycles. The van der Waals surface area contributed by atoms with E-state index >= 15 is 0 Å². The summed E-state index contributed by atoms with van der Waals surface area (Å²) in [6, 6.07) is 9.74. The minimum atomic E-state index is -0.460. The van der Waals surface area contributed by atoms with Crippen molar-refractivity contribution in [1.82, 2.24) is 4.90 Å². The molecule has 20 heavy (non-hydrogen) atoms. The molecule has 0 radical (unpaired) electrons. The predicted molar refractivity (Wildman–Crippen MR) is 81.4 cm³/mol. The number of hydrogen-bond acceptors (Lipinski definition) is 3. The molecule has 1 aromatic carbocycles. The summed E-state index contributed by atoms with van der Waals surface area (Å²) < 4.78 is 0. The number of likely N-dealkylation sites (tertiary alicyclic amines) is 1. The fourth-order valence-electron chi connectivity index (χ4n) is 2.74. The molecule has 0 aliphatic carbocycles. The number of hydrogen-bond donors (Lipinski definition) is 2. The highest BCUT2D eigenvalue weighted by Gasteiger charge is 2.37. The van der Waals surface area contributed by atoms with Gasteiger partial charge in [-0.2, -0.15) is 0 Å². The maximum atomic E-state index is 12.0. The Morgan fingerprint density at radius 3 is 2.45 bits per heavy atom. The average Bonchev–Trinajstić information content (AvgIpc) is 2.50. The van der Waals surface area contributed by atoms with Crippen molar-refractivity contribution in [3.63, 3.8) is 0 Å². The molecule has 0 aromatic heterocycles. The SMILES string of the molecule is CC.CC1C(c2ccccc2)CC(N)C(=O)N1CCO. The molecule has 112 valence electrons. The van der Waals surface area contributed by atoms with Gasteiger partial charge in [-0.1, -0.05) is 44.2 Å². The quantitative estimate of drug-likeness (QED) is 0.885. The maximum absolute atomic E-state index is 12.0. The molecular formula is C16H26N2O2. The van der Waals surface area contributed by atoms with E-state index in [0.717, 1.165) is 0 Å². The Labute approximate surface area is 121 Å². The van der Waals surface area contributed by atoms with Crippen molar-refractivity contribution in [2.45, 2.75) is 45.2 Å². The fourth-order valence-corrected chi connectivity index (χ4v) is 2.74. The van der Waals surface area contributed by atoms with E-state index in [1.165, 1.54) is 5.56 Å². The first-order valence-electron chi connectivity index (χ1n) is 7.37. The Kier molecular flexibility index (Phi) is 6.68. The van der Waals surface area contributed by atoms with E-state index in [9.17, 15) is 4.79 Å². The largest absolute Gasteiger partial charge is 0.395 e. The van der Waals surface area contributed by atoms with E-state index in [4.69, 9.17) is 10.8 Å². The lowest BCUT2D eigenvalue weighted by atomic mass is 9.82. The van der Waals surface area contributed by atoms with Crippen molar-refractivity contribution >= 4 is 5.91 Å². The van der Waals surface area contributed by atoms with Gasteiger partial charge >= 0.3 is 0 Å². The lowest BCUT2D eigenvalue weighted by Crippen LogP contribution is -2.56. The minimum absolute atomic E-state index is 0.0235. The van der Waals surface area contributed by atoms with Crippen LogP contribution < -0.4 is 5.73 Å². The van der Waals surface area contributed by atoms with E-state index in [1.807, 2.05) is 39.0 Å².